The molecule has 0 amide bonds. The molecule has 1 saturated heterocycles. The minimum Gasteiger partial charge on any atom is -0.396 e. The monoisotopic (exact) mass is 364 g/mol. The minimum absolute atomic E-state index is 0.124. The average molecular weight is 365 g/mol. The third-order valence-electron chi connectivity index (χ3n) is 4.53. The molecular weight excluding hydrogens is 343 g/mol. The Labute approximate surface area is 152 Å². The van der Waals surface area contributed by atoms with E-state index in [1.54, 1.807) is 18.5 Å². The van der Waals surface area contributed by atoms with Gasteiger partial charge >= 0.3 is 0 Å². The quantitative estimate of drug-likeness (QED) is 0.883. The second-order valence-corrected chi connectivity index (χ2v) is 6.88. The van der Waals surface area contributed by atoms with E-state index in [2.05, 4.69) is 14.9 Å². The summed E-state index contributed by atoms with van der Waals surface area (Å²) in [6.07, 6.45) is 3.64. The lowest BCUT2D eigenvalue weighted by molar-refractivity contribution is 0.208. The predicted octanol–water partition coefficient (Wildman–Crippen LogP) is 3.11. The van der Waals surface area contributed by atoms with Gasteiger partial charge < -0.3 is 14.9 Å². The summed E-state index contributed by atoms with van der Waals surface area (Å²) in [5.41, 5.74) is 0.822. The third-order valence-corrected chi connectivity index (χ3v) is 4.84. The van der Waals surface area contributed by atoms with Crippen molar-refractivity contribution in [2.24, 2.45) is 5.92 Å². The summed E-state index contributed by atoms with van der Waals surface area (Å²) in [5.74, 6) is 1.50. The highest BCUT2D eigenvalue weighted by Crippen LogP contribution is 2.24. The molecule has 1 fully saturated rings. The Kier molecular flexibility index (Phi) is 5.71. The number of aromatic nitrogens is 2. The first-order valence-electron chi connectivity index (χ1n) is 8.39. The van der Waals surface area contributed by atoms with Crippen LogP contribution < -0.4 is 9.80 Å². The summed E-state index contributed by atoms with van der Waals surface area (Å²) < 4.78 is 13.6. The fraction of sp³-hybridized carbons (Fsp3) is 0.444. The number of halogens is 2. The Morgan fingerprint density at radius 2 is 2.20 bits per heavy atom. The van der Waals surface area contributed by atoms with E-state index in [0.717, 1.165) is 43.1 Å². The SMILES string of the molecule is CN(Cc1ccc(Cl)c(F)c1)c1cc(N2CCCC(CO)C2)ncn1. The zero-order valence-corrected chi connectivity index (χ0v) is 15.0. The summed E-state index contributed by atoms with van der Waals surface area (Å²) >= 11 is 5.73. The van der Waals surface area contributed by atoms with Crippen LogP contribution in [0.4, 0.5) is 16.0 Å². The van der Waals surface area contributed by atoms with Crippen molar-refractivity contribution >= 4 is 23.2 Å². The zero-order chi connectivity index (χ0) is 17.8. The van der Waals surface area contributed by atoms with Crippen LogP contribution in [0.1, 0.15) is 18.4 Å². The van der Waals surface area contributed by atoms with Crippen molar-refractivity contribution in [2.45, 2.75) is 19.4 Å². The maximum Gasteiger partial charge on any atom is 0.142 e. The Morgan fingerprint density at radius 3 is 2.96 bits per heavy atom. The third kappa shape index (κ3) is 4.38. The molecule has 0 spiro atoms. The Balaban J connectivity index is 1.72. The van der Waals surface area contributed by atoms with Crippen LogP contribution in [0, 0.1) is 11.7 Å². The standard InChI is InChI=1S/C18H22ClFN4O/c1-23(9-13-4-5-15(19)16(20)7-13)17-8-18(22-12-21-17)24-6-2-3-14(10-24)11-25/h4-5,7-8,12,14,25H,2-3,6,9-11H2,1H3. The number of benzene rings is 1. The molecule has 134 valence electrons. The molecule has 2 aromatic rings. The first-order valence-corrected chi connectivity index (χ1v) is 8.77. The molecule has 0 radical (unpaired) electrons. The average Bonchev–Trinajstić information content (AvgIpc) is 2.65. The molecule has 1 aromatic heterocycles. The number of anilines is 2. The van der Waals surface area contributed by atoms with E-state index in [-0.39, 0.29) is 11.6 Å². The van der Waals surface area contributed by atoms with E-state index >= 15 is 0 Å². The Hall–Kier alpha value is -1.92. The molecule has 1 N–H and O–H groups in total. The lowest BCUT2D eigenvalue weighted by Crippen LogP contribution is -2.37. The van der Waals surface area contributed by atoms with E-state index in [1.807, 2.05) is 18.0 Å². The van der Waals surface area contributed by atoms with Crippen LogP contribution in [-0.2, 0) is 6.54 Å². The van der Waals surface area contributed by atoms with Gasteiger partial charge in [0.2, 0.25) is 0 Å². The molecule has 0 saturated carbocycles. The summed E-state index contributed by atoms with van der Waals surface area (Å²) in [7, 11) is 1.91. The van der Waals surface area contributed by atoms with Crippen molar-refractivity contribution in [3.63, 3.8) is 0 Å². The minimum atomic E-state index is -0.417. The molecule has 1 aromatic carbocycles. The molecule has 5 nitrogen and oxygen atoms in total. The van der Waals surface area contributed by atoms with E-state index < -0.39 is 5.82 Å². The topological polar surface area (TPSA) is 52.5 Å². The van der Waals surface area contributed by atoms with Gasteiger partial charge in [-0.1, -0.05) is 17.7 Å². The van der Waals surface area contributed by atoms with Gasteiger partial charge in [0, 0.05) is 39.4 Å². The van der Waals surface area contributed by atoms with Gasteiger partial charge in [-0.05, 0) is 36.5 Å². The van der Waals surface area contributed by atoms with Crippen molar-refractivity contribution in [1.29, 1.82) is 0 Å². The largest absolute Gasteiger partial charge is 0.396 e. The number of piperidine rings is 1. The molecular formula is C18H22ClFN4O. The number of nitrogens with zero attached hydrogens (tertiary/aromatic N) is 4. The highest BCUT2D eigenvalue weighted by molar-refractivity contribution is 6.30. The lowest BCUT2D eigenvalue weighted by atomic mass is 9.99. The van der Waals surface area contributed by atoms with Crippen LogP contribution in [0.2, 0.25) is 5.02 Å². The van der Waals surface area contributed by atoms with Crippen LogP contribution in [0.25, 0.3) is 0 Å². The molecule has 2 heterocycles. The molecule has 0 aliphatic carbocycles. The number of hydrogen-bond donors (Lipinski definition) is 1. The molecule has 1 unspecified atom stereocenters. The van der Waals surface area contributed by atoms with E-state index in [4.69, 9.17) is 11.6 Å². The highest BCUT2D eigenvalue weighted by atomic mass is 35.5. The van der Waals surface area contributed by atoms with Crippen molar-refractivity contribution in [3.8, 4) is 0 Å². The Bertz CT molecular complexity index is 730. The van der Waals surface area contributed by atoms with Crippen LogP contribution >= 0.6 is 11.6 Å². The van der Waals surface area contributed by atoms with Gasteiger partial charge in [0.1, 0.15) is 23.8 Å². The molecule has 25 heavy (non-hydrogen) atoms. The van der Waals surface area contributed by atoms with Crippen LogP contribution in [0.3, 0.4) is 0 Å². The van der Waals surface area contributed by atoms with Crippen molar-refractivity contribution in [3.05, 3.63) is 47.0 Å². The van der Waals surface area contributed by atoms with Gasteiger partial charge in [0.15, 0.2) is 0 Å². The van der Waals surface area contributed by atoms with Gasteiger partial charge in [0.25, 0.3) is 0 Å². The van der Waals surface area contributed by atoms with E-state index in [1.165, 1.54) is 6.07 Å². The van der Waals surface area contributed by atoms with E-state index in [9.17, 15) is 9.50 Å². The van der Waals surface area contributed by atoms with Crippen LogP contribution in [-0.4, -0.2) is 41.8 Å². The number of hydrogen-bond acceptors (Lipinski definition) is 5. The normalized spacial score (nSPS) is 17.6. The second kappa shape index (κ2) is 7.97. The molecule has 1 aliphatic rings. The zero-order valence-electron chi connectivity index (χ0n) is 14.2. The van der Waals surface area contributed by atoms with E-state index in [0.29, 0.717) is 12.5 Å². The van der Waals surface area contributed by atoms with Crippen LogP contribution in [0.15, 0.2) is 30.6 Å². The molecule has 1 aliphatic heterocycles. The summed E-state index contributed by atoms with van der Waals surface area (Å²) in [6, 6.07) is 6.75. The summed E-state index contributed by atoms with van der Waals surface area (Å²) in [4.78, 5) is 12.8. The molecule has 0 bridgehead atoms. The number of aliphatic hydroxyl groups excluding tert-OH is 1. The fourth-order valence-corrected chi connectivity index (χ4v) is 3.25. The fourth-order valence-electron chi connectivity index (χ4n) is 3.13. The van der Waals surface area contributed by atoms with Gasteiger partial charge in [0.05, 0.1) is 5.02 Å². The van der Waals surface area contributed by atoms with Crippen molar-refractivity contribution < 1.29 is 9.50 Å². The van der Waals surface area contributed by atoms with Gasteiger partial charge in [-0.3, -0.25) is 0 Å². The number of rotatable bonds is 5. The van der Waals surface area contributed by atoms with Gasteiger partial charge in [-0.25, -0.2) is 14.4 Å². The molecule has 1 atom stereocenters. The van der Waals surface area contributed by atoms with Crippen LogP contribution in [0.5, 0.6) is 0 Å². The van der Waals surface area contributed by atoms with Crippen molar-refractivity contribution in [1.82, 2.24) is 9.97 Å². The molecule has 7 heteroatoms. The summed E-state index contributed by atoms with van der Waals surface area (Å²) in [6.45, 7) is 2.46. The maximum absolute atomic E-state index is 13.6. The molecule has 3 rings (SSSR count). The smallest absolute Gasteiger partial charge is 0.142 e. The Morgan fingerprint density at radius 1 is 1.36 bits per heavy atom. The lowest BCUT2D eigenvalue weighted by Gasteiger charge is -2.33. The first kappa shape index (κ1) is 17.9. The van der Waals surface area contributed by atoms with Crippen molar-refractivity contribution in [2.75, 3.05) is 36.5 Å². The first-order chi connectivity index (χ1) is 12.1. The maximum atomic E-state index is 13.6. The van der Waals surface area contributed by atoms with Gasteiger partial charge in [-0.2, -0.15) is 0 Å². The predicted molar refractivity (Wildman–Crippen MR) is 97.6 cm³/mol. The summed E-state index contributed by atoms with van der Waals surface area (Å²) in [5, 5.41) is 9.52. The highest BCUT2D eigenvalue weighted by Gasteiger charge is 2.21. The van der Waals surface area contributed by atoms with Gasteiger partial charge in [-0.15, -0.1) is 0 Å². The number of aliphatic hydroxyl groups is 1. The second-order valence-electron chi connectivity index (χ2n) is 6.48.